The molecule has 0 aromatic heterocycles. The first-order valence-corrected chi connectivity index (χ1v) is 9.65. The molecule has 1 aliphatic carbocycles. The molecule has 0 aromatic carbocycles. The largest absolute Gasteiger partial charge is 0.481 e. The Hall–Kier alpha value is -1.89. The Labute approximate surface area is 163 Å². The SMILES string of the molecule is CCCCC(O)(CC=C[C@H]1C=CC(=O)[C@@H]1CC=CCCCC(=O)O)C(F)(F)F. The quantitative estimate of drug-likeness (QED) is 0.356. The molecule has 3 atom stereocenters. The number of aliphatic carboxylic acids is 1. The Bertz CT molecular complexity index is 607. The zero-order valence-corrected chi connectivity index (χ0v) is 16.1. The van der Waals surface area contributed by atoms with Crippen LogP contribution < -0.4 is 0 Å². The van der Waals surface area contributed by atoms with Crippen LogP contribution in [0.25, 0.3) is 0 Å². The van der Waals surface area contributed by atoms with E-state index < -0.39 is 24.2 Å². The van der Waals surface area contributed by atoms with Gasteiger partial charge in [0.05, 0.1) is 0 Å². The van der Waals surface area contributed by atoms with E-state index in [0.717, 1.165) is 0 Å². The smallest absolute Gasteiger partial charge is 0.417 e. The lowest BCUT2D eigenvalue weighted by atomic mass is 9.88. The topological polar surface area (TPSA) is 74.6 Å². The molecular weight excluding hydrogens is 373 g/mol. The van der Waals surface area contributed by atoms with Gasteiger partial charge in [0.1, 0.15) is 0 Å². The lowest BCUT2D eigenvalue weighted by Crippen LogP contribution is -2.44. The summed E-state index contributed by atoms with van der Waals surface area (Å²) < 4.78 is 39.6. The Morgan fingerprint density at radius 3 is 2.54 bits per heavy atom. The van der Waals surface area contributed by atoms with Crippen LogP contribution in [0.3, 0.4) is 0 Å². The summed E-state index contributed by atoms with van der Waals surface area (Å²) in [6.45, 7) is 1.77. The van der Waals surface area contributed by atoms with Crippen molar-refractivity contribution < 1.29 is 33.0 Å². The first kappa shape index (κ1) is 24.1. The molecule has 158 valence electrons. The Morgan fingerprint density at radius 1 is 1.21 bits per heavy atom. The molecule has 0 saturated carbocycles. The van der Waals surface area contributed by atoms with Crippen LogP contribution in [0.4, 0.5) is 13.2 Å². The maximum atomic E-state index is 13.2. The number of carbonyl (C=O) groups excluding carboxylic acids is 1. The Balaban J connectivity index is 2.62. The van der Waals surface area contributed by atoms with E-state index in [-0.39, 0.29) is 36.9 Å². The van der Waals surface area contributed by atoms with Gasteiger partial charge >= 0.3 is 12.1 Å². The van der Waals surface area contributed by atoms with Gasteiger partial charge in [-0.2, -0.15) is 13.2 Å². The Morgan fingerprint density at radius 2 is 1.93 bits per heavy atom. The number of hydrogen-bond donors (Lipinski definition) is 2. The van der Waals surface area contributed by atoms with Gasteiger partial charge in [-0.3, -0.25) is 9.59 Å². The first-order chi connectivity index (χ1) is 13.1. The number of carboxylic acids is 1. The van der Waals surface area contributed by atoms with Crippen molar-refractivity contribution in [2.24, 2.45) is 11.8 Å². The van der Waals surface area contributed by atoms with Gasteiger partial charge in [0.15, 0.2) is 11.4 Å². The van der Waals surface area contributed by atoms with E-state index in [1.807, 2.05) is 12.2 Å². The average Bonchev–Trinajstić information content (AvgIpc) is 2.95. The lowest BCUT2D eigenvalue weighted by molar-refractivity contribution is -0.261. The van der Waals surface area contributed by atoms with E-state index in [1.165, 1.54) is 12.2 Å². The third kappa shape index (κ3) is 7.62. The monoisotopic (exact) mass is 402 g/mol. The van der Waals surface area contributed by atoms with E-state index >= 15 is 0 Å². The van der Waals surface area contributed by atoms with Crippen molar-refractivity contribution in [3.63, 3.8) is 0 Å². The molecule has 0 fully saturated rings. The fraction of sp³-hybridized carbons (Fsp3) is 0.619. The highest BCUT2D eigenvalue weighted by atomic mass is 19.4. The number of unbranched alkanes of at least 4 members (excludes halogenated alkanes) is 2. The zero-order valence-electron chi connectivity index (χ0n) is 16.1. The molecular formula is C21H29F3O4. The van der Waals surface area contributed by atoms with Crippen molar-refractivity contribution in [2.45, 2.75) is 70.1 Å². The number of allylic oxidation sites excluding steroid dienone is 5. The number of carbonyl (C=O) groups is 2. The van der Waals surface area contributed by atoms with Gasteiger partial charge in [-0.15, -0.1) is 0 Å². The molecule has 0 amide bonds. The van der Waals surface area contributed by atoms with Crippen LogP contribution in [0.5, 0.6) is 0 Å². The molecule has 0 heterocycles. The molecule has 2 N–H and O–H groups in total. The second-order valence-electron chi connectivity index (χ2n) is 7.20. The summed E-state index contributed by atoms with van der Waals surface area (Å²) in [7, 11) is 0. The number of halogens is 3. The maximum absolute atomic E-state index is 13.2. The van der Waals surface area contributed by atoms with Gasteiger partial charge in [-0.25, -0.2) is 0 Å². The molecule has 1 rings (SSSR count). The summed E-state index contributed by atoms with van der Waals surface area (Å²) in [4.78, 5) is 22.4. The van der Waals surface area contributed by atoms with Crippen LogP contribution in [0.1, 0.15) is 58.3 Å². The van der Waals surface area contributed by atoms with Crippen LogP contribution in [0, 0.1) is 11.8 Å². The predicted molar refractivity (Wildman–Crippen MR) is 101 cm³/mol. The van der Waals surface area contributed by atoms with Crippen molar-refractivity contribution in [1.29, 1.82) is 0 Å². The van der Waals surface area contributed by atoms with Crippen molar-refractivity contribution in [3.05, 3.63) is 36.5 Å². The minimum Gasteiger partial charge on any atom is -0.481 e. The van der Waals surface area contributed by atoms with Crippen molar-refractivity contribution in [1.82, 2.24) is 0 Å². The number of carboxylic acid groups (broad SMARTS) is 1. The molecule has 0 aliphatic heterocycles. The first-order valence-electron chi connectivity index (χ1n) is 9.65. The molecule has 0 radical (unpaired) electrons. The highest BCUT2D eigenvalue weighted by Crippen LogP contribution is 2.38. The highest BCUT2D eigenvalue weighted by molar-refractivity contribution is 5.95. The molecule has 1 aliphatic rings. The molecule has 7 heteroatoms. The normalized spacial score (nSPS) is 22.4. The van der Waals surface area contributed by atoms with Gasteiger partial charge < -0.3 is 10.2 Å². The van der Waals surface area contributed by atoms with Gasteiger partial charge in [0, 0.05) is 24.7 Å². The molecule has 4 nitrogen and oxygen atoms in total. The van der Waals surface area contributed by atoms with E-state index in [4.69, 9.17) is 5.11 Å². The summed E-state index contributed by atoms with van der Waals surface area (Å²) in [5, 5.41) is 18.6. The van der Waals surface area contributed by atoms with Gasteiger partial charge in [-0.1, -0.05) is 50.1 Å². The van der Waals surface area contributed by atoms with Crippen molar-refractivity contribution in [2.75, 3.05) is 0 Å². The van der Waals surface area contributed by atoms with Crippen molar-refractivity contribution in [3.8, 4) is 0 Å². The van der Waals surface area contributed by atoms with Crippen LogP contribution >= 0.6 is 0 Å². The van der Waals surface area contributed by atoms with E-state index in [1.54, 1.807) is 19.1 Å². The minimum absolute atomic E-state index is 0.0816. The molecule has 0 saturated heterocycles. The third-order valence-corrected chi connectivity index (χ3v) is 4.92. The summed E-state index contributed by atoms with van der Waals surface area (Å²) in [5.41, 5.74) is -2.74. The highest BCUT2D eigenvalue weighted by Gasteiger charge is 2.52. The predicted octanol–water partition coefficient (Wildman–Crippen LogP) is 4.99. The van der Waals surface area contributed by atoms with E-state index in [0.29, 0.717) is 25.7 Å². The second-order valence-corrected chi connectivity index (χ2v) is 7.20. The molecule has 0 bridgehead atoms. The molecule has 0 spiro atoms. The van der Waals surface area contributed by atoms with Crippen LogP contribution in [-0.2, 0) is 9.59 Å². The minimum atomic E-state index is -4.70. The third-order valence-electron chi connectivity index (χ3n) is 4.92. The van der Waals surface area contributed by atoms with Crippen LogP contribution in [-0.4, -0.2) is 33.7 Å². The number of hydrogen-bond acceptors (Lipinski definition) is 3. The van der Waals surface area contributed by atoms with Crippen LogP contribution in [0.15, 0.2) is 36.5 Å². The average molecular weight is 402 g/mol. The van der Waals surface area contributed by atoms with Crippen LogP contribution in [0.2, 0.25) is 0 Å². The second kappa shape index (κ2) is 11.2. The van der Waals surface area contributed by atoms with E-state index in [2.05, 4.69) is 0 Å². The maximum Gasteiger partial charge on any atom is 0.417 e. The number of ketones is 1. The van der Waals surface area contributed by atoms with Gasteiger partial charge in [0.2, 0.25) is 0 Å². The van der Waals surface area contributed by atoms with Gasteiger partial charge in [0.25, 0.3) is 0 Å². The summed E-state index contributed by atoms with van der Waals surface area (Å²) in [6, 6.07) is 0. The fourth-order valence-electron chi connectivity index (χ4n) is 3.11. The zero-order chi connectivity index (χ0) is 21.2. The number of alkyl halides is 3. The standard InChI is InChI=1S/C21H29F3O4/c1-2-3-14-20(28,21(22,23)24)15-8-9-16-12-13-18(25)17(16)10-6-4-5-7-11-19(26)27/h4,6,8-9,12-13,16-17,28H,2-3,5,7,10-11,14-15H2,1H3,(H,26,27)/t16-,17+,20?/m0/s1. The van der Waals surface area contributed by atoms with E-state index in [9.17, 15) is 27.9 Å². The summed E-state index contributed by atoms with van der Waals surface area (Å²) >= 11 is 0. The van der Waals surface area contributed by atoms with Crippen molar-refractivity contribution >= 4 is 11.8 Å². The molecule has 0 aromatic rings. The summed E-state index contributed by atoms with van der Waals surface area (Å²) in [6.07, 6.45) is 6.50. The number of aliphatic hydroxyl groups is 1. The number of rotatable bonds is 12. The Kier molecular flexibility index (Phi) is 9.65. The molecule has 1 unspecified atom stereocenters. The fourth-order valence-corrected chi connectivity index (χ4v) is 3.11. The lowest BCUT2D eigenvalue weighted by Gasteiger charge is -2.29. The summed E-state index contributed by atoms with van der Waals surface area (Å²) in [5.74, 6) is -1.62. The van der Waals surface area contributed by atoms with Gasteiger partial charge in [-0.05, 0) is 31.8 Å². The molecule has 28 heavy (non-hydrogen) atoms.